The predicted octanol–water partition coefficient (Wildman–Crippen LogP) is 2.91. The highest BCUT2D eigenvalue weighted by molar-refractivity contribution is 5.90. The first kappa shape index (κ1) is 17.7. The maximum atomic E-state index is 12.0. The first-order chi connectivity index (χ1) is 9.86. The van der Waals surface area contributed by atoms with Crippen LogP contribution >= 0.6 is 0 Å². The third kappa shape index (κ3) is 6.27. The summed E-state index contributed by atoms with van der Waals surface area (Å²) < 4.78 is 0. The lowest BCUT2D eigenvalue weighted by Gasteiger charge is -2.30. The maximum absolute atomic E-state index is 12.0. The molecule has 21 heavy (non-hydrogen) atoms. The van der Waals surface area contributed by atoms with E-state index in [0.717, 1.165) is 24.1 Å². The average molecular weight is 292 g/mol. The number of rotatable bonds is 7. The molecule has 4 N–H and O–H groups in total. The molecule has 1 atom stereocenters. The van der Waals surface area contributed by atoms with Gasteiger partial charge in [0.05, 0.1) is 6.61 Å². The minimum Gasteiger partial charge on any atom is -0.392 e. The van der Waals surface area contributed by atoms with Gasteiger partial charge in [0.1, 0.15) is 0 Å². The summed E-state index contributed by atoms with van der Waals surface area (Å²) in [6, 6.07) is 7.24. The van der Waals surface area contributed by atoms with Crippen molar-refractivity contribution < 1.29 is 9.90 Å². The van der Waals surface area contributed by atoms with Gasteiger partial charge in [-0.25, -0.2) is 0 Å². The number of aliphatic hydroxyl groups excluding tert-OH is 1. The number of benzene rings is 1. The number of hydrogen-bond acceptors (Lipinski definition) is 3. The summed E-state index contributed by atoms with van der Waals surface area (Å²) in [7, 11) is 0. The predicted molar refractivity (Wildman–Crippen MR) is 86.8 cm³/mol. The second-order valence-electron chi connectivity index (χ2n) is 6.58. The summed E-state index contributed by atoms with van der Waals surface area (Å²) in [6.45, 7) is 7.25. The Balaban J connectivity index is 2.48. The quantitative estimate of drug-likeness (QED) is 0.723. The van der Waals surface area contributed by atoms with Crippen molar-refractivity contribution in [3.63, 3.8) is 0 Å². The molecule has 4 nitrogen and oxygen atoms in total. The molecular weight excluding hydrogens is 264 g/mol. The lowest BCUT2D eigenvalue weighted by Crippen LogP contribution is -2.25. The molecule has 0 aliphatic heterocycles. The van der Waals surface area contributed by atoms with Crippen molar-refractivity contribution in [2.45, 2.75) is 46.6 Å². The molecule has 0 aliphatic rings. The van der Waals surface area contributed by atoms with E-state index in [4.69, 9.17) is 10.8 Å². The zero-order valence-electron chi connectivity index (χ0n) is 13.4. The Bertz CT molecular complexity index is 435. The van der Waals surface area contributed by atoms with Crippen molar-refractivity contribution >= 4 is 11.6 Å². The molecule has 0 saturated heterocycles. The Morgan fingerprint density at radius 3 is 2.33 bits per heavy atom. The molecule has 0 saturated carbocycles. The summed E-state index contributed by atoms with van der Waals surface area (Å²) in [5.74, 6) is 0.475. The average Bonchev–Trinajstić information content (AvgIpc) is 2.43. The van der Waals surface area contributed by atoms with E-state index in [2.05, 4.69) is 26.1 Å². The summed E-state index contributed by atoms with van der Waals surface area (Å²) >= 11 is 0. The van der Waals surface area contributed by atoms with Crippen LogP contribution in [0.25, 0.3) is 0 Å². The van der Waals surface area contributed by atoms with Crippen molar-refractivity contribution in [1.29, 1.82) is 0 Å². The molecule has 0 bridgehead atoms. The van der Waals surface area contributed by atoms with Gasteiger partial charge in [-0.15, -0.1) is 0 Å². The fourth-order valence-electron chi connectivity index (χ4n) is 2.43. The number of nitrogens with one attached hydrogen (secondary N) is 1. The second kappa shape index (κ2) is 8.15. The van der Waals surface area contributed by atoms with Crippen LogP contribution in [0.3, 0.4) is 0 Å². The Kier molecular flexibility index (Phi) is 6.85. The molecule has 118 valence electrons. The molecule has 0 aromatic heterocycles. The van der Waals surface area contributed by atoms with Gasteiger partial charge >= 0.3 is 0 Å². The molecule has 1 amide bonds. The fourth-order valence-corrected chi connectivity index (χ4v) is 2.43. The first-order valence-corrected chi connectivity index (χ1v) is 7.56. The molecule has 1 aromatic rings. The highest BCUT2D eigenvalue weighted by Gasteiger charge is 2.24. The zero-order chi connectivity index (χ0) is 15.9. The van der Waals surface area contributed by atoms with Gasteiger partial charge in [0.15, 0.2) is 0 Å². The van der Waals surface area contributed by atoms with E-state index in [1.54, 1.807) is 0 Å². The Hall–Kier alpha value is -1.39. The molecule has 0 radical (unpaired) electrons. The standard InChI is InChI=1S/C17H28N2O2/c1-17(2,3)14(10-11-18)6-9-16(21)19-15-7-4-13(12-20)5-8-15/h4-5,7-8,14,20H,6,9-12,18H2,1-3H3,(H,19,21). The summed E-state index contributed by atoms with van der Waals surface area (Å²) in [5, 5.41) is 11.9. The van der Waals surface area contributed by atoms with Crippen molar-refractivity contribution in [3.8, 4) is 0 Å². The Morgan fingerprint density at radius 2 is 1.86 bits per heavy atom. The van der Waals surface area contributed by atoms with Crippen molar-refractivity contribution in [2.75, 3.05) is 11.9 Å². The van der Waals surface area contributed by atoms with Gasteiger partial charge in [-0.05, 0) is 48.4 Å². The second-order valence-corrected chi connectivity index (χ2v) is 6.58. The molecule has 0 spiro atoms. The van der Waals surface area contributed by atoms with E-state index in [9.17, 15) is 4.79 Å². The fraction of sp³-hybridized carbons (Fsp3) is 0.588. The topological polar surface area (TPSA) is 75.4 Å². The number of hydrogen-bond donors (Lipinski definition) is 3. The number of carbonyl (C=O) groups excluding carboxylic acids is 1. The van der Waals surface area contributed by atoms with Crippen molar-refractivity contribution in [1.82, 2.24) is 0 Å². The lowest BCUT2D eigenvalue weighted by atomic mass is 9.76. The summed E-state index contributed by atoms with van der Waals surface area (Å²) in [4.78, 5) is 12.0. The Morgan fingerprint density at radius 1 is 1.24 bits per heavy atom. The maximum Gasteiger partial charge on any atom is 0.224 e. The van der Waals surface area contributed by atoms with Crippen molar-refractivity contribution in [2.24, 2.45) is 17.1 Å². The van der Waals surface area contributed by atoms with Crippen molar-refractivity contribution in [3.05, 3.63) is 29.8 Å². The summed E-state index contributed by atoms with van der Waals surface area (Å²) in [5.41, 5.74) is 7.44. The molecule has 1 unspecified atom stereocenters. The number of aliphatic hydroxyl groups is 1. The molecular formula is C17H28N2O2. The van der Waals surface area contributed by atoms with Crippen LogP contribution in [0.1, 0.15) is 45.6 Å². The number of carbonyl (C=O) groups is 1. The molecule has 4 heteroatoms. The first-order valence-electron chi connectivity index (χ1n) is 7.56. The third-order valence-electron chi connectivity index (χ3n) is 3.88. The van der Waals surface area contributed by atoms with Gasteiger partial charge in [0, 0.05) is 12.1 Å². The monoisotopic (exact) mass is 292 g/mol. The van der Waals surface area contributed by atoms with Crippen LogP contribution < -0.4 is 11.1 Å². The van der Waals surface area contributed by atoms with Crippen LogP contribution in [0.5, 0.6) is 0 Å². The van der Waals surface area contributed by atoms with Gasteiger partial charge in [-0.2, -0.15) is 0 Å². The lowest BCUT2D eigenvalue weighted by molar-refractivity contribution is -0.116. The molecule has 1 aromatic carbocycles. The highest BCUT2D eigenvalue weighted by Crippen LogP contribution is 2.32. The third-order valence-corrected chi connectivity index (χ3v) is 3.88. The van der Waals surface area contributed by atoms with E-state index in [-0.39, 0.29) is 17.9 Å². The van der Waals surface area contributed by atoms with E-state index >= 15 is 0 Å². The zero-order valence-corrected chi connectivity index (χ0v) is 13.4. The van der Waals surface area contributed by atoms with E-state index in [1.165, 1.54) is 0 Å². The van der Waals surface area contributed by atoms with Gasteiger partial charge in [-0.1, -0.05) is 32.9 Å². The highest BCUT2D eigenvalue weighted by atomic mass is 16.3. The molecule has 0 aliphatic carbocycles. The molecule has 0 fully saturated rings. The molecule has 0 heterocycles. The minimum atomic E-state index is 0.0145. The van der Waals surface area contributed by atoms with Gasteiger partial charge in [0.25, 0.3) is 0 Å². The number of amides is 1. The number of nitrogens with two attached hydrogens (primary N) is 1. The largest absolute Gasteiger partial charge is 0.392 e. The van der Waals surface area contributed by atoms with Crippen LogP contribution in [0.4, 0.5) is 5.69 Å². The van der Waals surface area contributed by atoms with Gasteiger partial charge < -0.3 is 16.2 Å². The molecule has 1 rings (SSSR count). The SMILES string of the molecule is CC(C)(C)C(CCN)CCC(=O)Nc1ccc(CO)cc1. The van der Waals surface area contributed by atoms with Crippen LogP contribution in [-0.4, -0.2) is 17.6 Å². The van der Waals surface area contributed by atoms with E-state index in [1.807, 2.05) is 24.3 Å². The number of anilines is 1. The van der Waals surface area contributed by atoms with Crippen LogP contribution in [0.2, 0.25) is 0 Å². The van der Waals surface area contributed by atoms with Crippen LogP contribution in [-0.2, 0) is 11.4 Å². The van der Waals surface area contributed by atoms with E-state index in [0.29, 0.717) is 18.9 Å². The minimum absolute atomic E-state index is 0.0145. The van der Waals surface area contributed by atoms with Crippen LogP contribution in [0.15, 0.2) is 24.3 Å². The Labute approximate surface area is 127 Å². The smallest absolute Gasteiger partial charge is 0.224 e. The summed E-state index contributed by atoms with van der Waals surface area (Å²) in [6.07, 6.45) is 2.30. The van der Waals surface area contributed by atoms with E-state index < -0.39 is 0 Å². The van der Waals surface area contributed by atoms with Gasteiger partial charge in [0.2, 0.25) is 5.91 Å². The van der Waals surface area contributed by atoms with Gasteiger partial charge in [-0.3, -0.25) is 4.79 Å². The van der Waals surface area contributed by atoms with Crippen LogP contribution in [0, 0.1) is 11.3 Å². The normalized spacial score (nSPS) is 13.0.